The highest BCUT2D eigenvalue weighted by molar-refractivity contribution is 7.85. The van der Waals surface area contributed by atoms with Gasteiger partial charge in [0.25, 0.3) is 0 Å². The average molecular weight is 323 g/mol. The average Bonchev–Trinajstić information content (AvgIpc) is 2.49. The lowest BCUT2D eigenvalue weighted by molar-refractivity contribution is -0.118. The van der Waals surface area contributed by atoms with Gasteiger partial charge in [-0.05, 0) is 23.8 Å². The third-order valence-electron chi connectivity index (χ3n) is 2.83. The lowest BCUT2D eigenvalue weighted by atomic mass is 10.2. The van der Waals surface area contributed by atoms with Crippen LogP contribution in [-0.4, -0.2) is 15.9 Å². The van der Waals surface area contributed by atoms with Crippen LogP contribution < -0.4 is 11.1 Å². The van der Waals surface area contributed by atoms with Gasteiger partial charge in [-0.2, -0.15) is 0 Å². The molecule has 0 saturated carbocycles. The van der Waals surface area contributed by atoms with Gasteiger partial charge in [0.1, 0.15) is 5.75 Å². The molecule has 0 aliphatic rings. The number of amides is 1. The smallest absolute Gasteiger partial charge is 0.233 e. The van der Waals surface area contributed by atoms with Crippen LogP contribution in [0.25, 0.3) is 0 Å². The number of rotatable bonds is 5. The first kappa shape index (κ1) is 15.5. The third-order valence-corrected chi connectivity index (χ3v) is 4.46. The first-order chi connectivity index (χ1) is 10.1. The van der Waals surface area contributed by atoms with Gasteiger partial charge in [0.2, 0.25) is 5.91 Å². The summed E-state index contributed by atoms with van der Waals surface area (Å²) in [6.45, 7) is 0.416. The summed E-state index contributed by atoms with van der Waals surface area (Å²) in [5.74, 6) is -0.377. The maximum absolute atomic E-state index is 12.1. The summed E-state index contributed by atoms with van der Waals surface area (Å²) in [6, 6.07) is 14.3. The van der Waals surface area contributed by atoms with Gasteiger partial charge in [-0.3, -0.25) is 9.00 Å². The second kappa shape index (κ2) is 7.24. The van der Waals surface area contributed by atoms with E-state index in [1.807, 2.05) is 30.3 Å². The van der Waals surface area contributed by atoms with Crippen LogP contribution in [0.15, 0.2) is 53.4 Å². The van der Waals surface area contributed by atoms with Gasteiger partial charge in [-0.15, -0.1) is 0 Å². The van der Waals surface area contributed by atoms with E-state index in [-0.39, 0.29) is 11.7 Å². The zero-order valence-corrected chi connectivity index (χ0v) is 12.8. The highest BCUT2D eigenvalue weighted by Crippen LogP contribution is 2.21. The normalized spacial score (nSPS) is 11.9. The van der Waals surface area contributed by atoms with Crippen molar-refractivity contribution in [1.29, 1.82) is 0 Å². The maximum Gasteiger partial charge on any atom is 0.233 e. The molecule has 0 aliphatic carbocycles. The number of nitrogens with one attached hydrogen (secondary N) is 1. The molecule has 6 heteroatoms. The summed E-state index contributed by atoms with van der Waals surface area (Å²) in [7, 11) is -1.44. The van der Waals surface area contributed by atoms with E-state index in [9.17, 15) is 9.00 Å². The lowest BCUT2D eigenvalue weighted by Gasteiger charge is -2.06. The lowest BCUT2D eigenvalue weighted by Crippen LogP contribution is -2.27. The number of carbonyl (C=O) groups excluding carboxylic acids is 1. The Morgan fingerprint density at radius 1 is 1.19 bits per heavy atom. The van der Waals surface area contributed by atoms with Crippen LogP contribution in [0.4, 0.5) is 5.69 Å². The third kappa shape index (κ3) is 4.58. The van der Waals surface area contributed by atoms with Crippen molar-refractivity contribution in [2.75, 3.05) is 11.5 Å². The highest BCUT2D eigenvalue weighted by atomic mass is 35.5. The Morgan fingerprint density at radius 3 is 2.57 bits per heavy atom. The van der Waals surface area contributed by atoms with E-state index in [2.05, 4.69) is 5.32 Å². The number of hydrogen-bond acceptors (Lipinski definition) is 3. The van der Waals surface area contributed by atoms with Crippen LogP contribution >= 0.6 is 11.6 Å². The molecule has 3 N–H and O–H groups in total. The van der Waals surface area contributed by atoms with Gasteiger partial charge in [0, 0.05) is 11.4 Å². The number of nitrogens with two attached hydrogens (primary N) is 1. The first-order valence-corrected chi connectivity index (χ1v) is 8.00. The van der Waals surface area contributed by atoms with Crippen LogP contribution in [0, 0.1) is 0 Å². The summed E-state index contributed by atoms with van der Waals surface area (Å²) in [5.41, 5.74) is 7.01. The van der Waals surface area contributed by atoms with Crippen molar-refractivity contribution in [3.05, 3.63) is 59.1 Å². The molecular formula is C15H15ClN2O2S. The van der Waals surface area contributed by atoms with Gasteiger partial charge in [0.15, 0.2) is 0 Å². The quantitative estimate of drug-likeness (QED) is 0.830. The van der Waals surface area contributed by atoms with E-state index < -0.39 is 10.8 Å². The number of anilines is 1. The van der Waals surface area contributed by atoms with Gasteiger partial charge in [-0.1, -0.05) is 41.9 Å². The molecule has 0 saturated heterocycles. The fourth-order valence-corrected chi connectivity index (χ4v) is 2.92. The number of carbonyl (C=O) groups is 1. The fraction of sp³-hybridized carbons (Fsp3) is 0.133. The van der Waals surface area contributed by atoms with Crippen molar-refractivity contribution in [2.45, 2.75) is 11.4 Å². The molecular weight excluding hydrogens is 308 g/mol. The van der Waals surface area contributed by atoms with Gasteiger partial charge >= 0.3 is 0 Å². The van der Waals surface area contributed by atoms with Crippen molar-refractivity contribution < 1.29 is 9.00 Å². The Morgan fingerprint density at radius 2 is 1.90 bits per heavy atom. The van der Waals surface area contributed by atoms with Crippen molar-refractivity contribution in [3.8, 4) is 0 Å². The predicted octanol–water partition coefficient (Wildman–Crippen LogP) is 2.35. The van der Waals surface area contributed by atoms with Gasteiger partial charge in [-0.25, -0.2) is 0 Å². The predicted molar refractivity (Wildman–Crippen MR) is 85.4 cm³/mol. The SMILES string of the molecule is Nc1ccc(S(=O)CC(=O)NCc2ccccc2)cc1Cl. The molecule has 1 atom stereocenters. The molecule has 0 radical (unpaired) electrons. The number of benzene rings is 2. The highest BCUT2D eigenvalue weighted by Gasteiger charge is 2.11. The summed E-state index contributed by atoms with van der Waals surface area (Å²) >= 11 is 5.88. The molecule has 110 valence electrons. The minimum Gasteiger partial charge on any atom is -0.398 e. The van der Waals surface area contributed by atoms with E-state index in [0.29, 0.717) is 22.2 Å². The summed E-state index contributed by atoms with van der Waals surface area (Å²) < 4.78 is 12.1. The Kier molecular flexibility index (Phi) is 5.36. The molecule has 0 fully saturated rings. The number of hydrogen-bond donors (Lipinski definition) is 2. The number of nitrogen functional groups attached to an aromatic ring is 1. The molecule has 2 rings (SSSR count). The van der Waals surface area contributed by atoms with E-state index in [0.717, 1.165) is 5.56 Å². The molecule has 4 nitrogen and oxygen atoms in total. The molecule has 0 aromatic heterocycles. The second-order valence-electron chi connectivity index (χ2n) is 4.44. The molecule has 1 unspecified atom stereocenters. The molecule has 0 aliphatic heterocycles. The molecule has 2 aromatic rings. The Balaban J connectivity index is 1.90. The molecule has 0 spiro atoms. The van der Waals surface area contributed by atoms with Crippen molar-refractivity contribution in [1.82, 2.24) is 5.32 Å². The topological polar surface area (TPSA) is 72.2 Å². The van der Waals surface area contributed by atoms with Crippen LogP contribution in [0.1, 0.15) is 5.56 Å². The van der Waals surface area contributed by atoms with Crippen LogP contribution in [0.5, 0.6) is 0 Å². The Labute approximate surface area is 130 Å². The zero-order valence-electron chi connectivity index (χ0n) is 11.2. The summed E-state index contributed by atoms with van der Waals surface area (Å²) in [5, 5.41) is 3.07. The number of halogens is 1. The van der Waals surface area contributed by atoms with E-state index in [4.69, 9.17) is 17.3 Å². The van der Waals surface area contributed by atoms with E-state index >= 15 is 0 Å². The van der Waals surface area contributed by atoms with Gasteiger partial charge < -0.3 is 11.1 Å². The Bertz CT molecular complexity index is 662. The van der Waals surface area contributed by atoms with E-state index in [1.165, 1.54) is 6.07 Å². The Hall–Kier alpha value is -1.85. The van der Waals surface area contributed by atoms with Crippen molar-refractivity contribution in [3.63, 3.8) is 0 Å². The fourth-order valence-electron chi connectivity index (χ4n) is 1.70. The molecule has 0 bridgehead atoms. The minimum atomic E-state index is -1.44. The summed E-state index contributed by atoms with van der Waals surface area (Å²) in [4.78, 5) is 12.3. The minimum absolute atomic E-state index is 0.104. The summed E-state index contributed by atoms with van der Waals surface area (Å²) in [6.07, 6.45) is 0. The van der Waals surface area contributed by atoms with Crippen molar-refractivity contribution >= 4 is 34.0 Å². The molecule has 21 heavy (non-hydrogen) atoms. The van der Waals surface area contributed by atoms with E-state index in [1.54, 1.807) is 12.1 Å². The van der Waals surface area contributed by atoms with Gasteiger partial charge in [0.05, 0.1) is 21.5 Å². The molecule has 0 heterocycles. The van der Waals surface area contributed by atoms with Crippen LogP contribution in [0.2, 0.25) is 5.02 Å². The molecule has 2 aromatic carbocycles. The first-order valence-electron chi connectivity index (χ1n) is 6.30. The van der Waals surface area contributed by atoms with Crippen LogP contribution in [0.3, 0.4) is 0 Å². The largest absolute Gasteiger partial charge is 0.398 e. The standard InChI is InChI=1S/C15H15ClN2O2S/c16-13-8-12(6-7-14(13)17)21(20)10-15(19)18-9-11-4-2-1-3-5-11/h1-8H,9-10,17H2,(H,18,19). The zero-order chi connectivity index (χ0) is 15.2. The maximum atomic E-state index is 12.1. The second-order valence-corrected chi connectivity index (χ2v) is 6.29. The van der Waals surface area contributed by atoms with Crippen molar-refractivity contribution in [2.24, 2.45) is 0 Å². The monoisotopic (exact) mass is 322 g/mol. The van der Waals surface area contributed by atoms with Crippen LogP contribution in [-0.2, 0) is 22.1 Å². The molecule has 1 amide bonds.